The summed E-state index contributed by atoms with van der Waals surface area (Å²) in [6.45, 7) is 0. The van der Waals surface area contributed by atoms with Crippen LogP contribution in [-0.4, -0.2) is 17.4 Å². The van der Waals surface area contributed by atoms with Crippen LogP contribution in [0.2, 0.25) is 0 Å². The molecule has 0 unspecified atom stereocenters. The zero-order valence-electron chi connectivity index (χ0n) is 10.1. The quantitative estimate of drug-likeness (QED) is 0.844. The third-order valence-corrected chi connectivity index (χ3v) is 2.29. The Bertz CT molecular complexity index is 559. The Kier molecular flexibility index (Phi) is 5.15. The number of benzene rings is 1. The summed E-state index contributed by atoms with van der Waals surface area (Å²) in [5.41, 5.74) is 0.410. The molecule has 1 rings (SSSR count). The van der Waals surface area contributed by atoms with Crippen LogP contribution in [0.4, 0.5) is 13.2 Å². The number of hydrogen-bond acceptors (Lipinski definition) is 3. The SMILES string of the molecule is N#CCCc1c(/C=C/C(=O)O)cccc1OC(F)(F)F. The number of halogens is 3. The minimum atomic E-state index is -4.85. The topological polar surface area (TPSA) is 70.3 Å². The molecule has 1 aromatic rings. The third-order valence-electron chi connectivity index (χ3n) is 2.29. The van der Waals surface area contributed by atoms with E-state index < -0.39 is 18.1 Å². The van der Waals surface area contributed by atoms with Crippen LogP contribution < -0.4 is 4.74 Å². The van der Waals surface area contributed by atoms with Gasteiger partial charge in [-0.05, 0) is 24.1 Å². The molecule has 20 heavy (non-hydrogen) atoms. The number of alkyl halides is 3. The highest BCUT2D eigenvalue weighted by Crippen LogP contribution is 2.30. The molecule has 0 aromatic heterocycles. The average Bonchev–Trinajstić information content (AvgIpc) is 2.33. The molecule has 0 atom stereocenters. The predicted molar refractivity (Wildman–Crippen MR) is 63.7 cm³/mol. The highest BCUT2D eigenvalue weighted by molar-refractivity contribution is 5.85. The van der Waals surface area contributed by atoms with E-state index in [1.807, 2.05) is 6.07 Å². The summed E-state index contributed by atoms with van der Waals surface area (Å²) in [6, 6.07) is 5.72. The molecular weight excluding hydrogens is 275 g/mol. The zero-order chi connectivity index (χ0) is 15.2. The number of nitriles is 1. The van der Waals surface area contributed by atoms with Crippen LogP contribution >= 0.6 is 0 Å². The van der Waals surface area contributed by atoms with Crippen molar-refractivity contribution in [1.82, 2.24) is 0 Å². The molecule has 0 saturated heterocycles. The molecule has 0 heterocycles. The predicted octanol–water partition coefficient (Wildman–Crippen LogP) is 3.14. The lowest BCUT2D eigenvalue weighted by atomic mass is 10.0. The van der Waals surface area contributed by atoms with Crippen molar-refractivity contribution in [3.05, 3.63) is 35.4 Å². The van der Waals surface area contributed by atoms with Crippen molar-refractivity contribution in [2.45, 2.75) is 19.2 Å². The van der Waals surface area contributed by atoms with Crippen LogP contribution in [0.25, 0.3) is 6.08 Å². The molecule has 4 nitrogen and oxygen atoms in total. The van der Waals surface area contributed by atoms with Crippen LogP contribution in [0, 0.1) is 11.3 Å². The van der Waals surface area contributed by atoms with Gasteiger partial charge in [0.05, 0.1) is 6.07 Å². The van der Waals surface area contributed by atoms with Crippen LogP contribution in [-0.2, 0) is 11.2 Å². The second-order valence-electron chi connectivity index (χ2n) is 3.70. The molecule has 0 amide bonds. The lowest BCUT2D eigenvalue weighted by Gasteiger charge is -2.14. The number of ether oxygens (including phenoxy) is 1. The summed E-state index contributed by atoms with van der Waals surface area (Å²) in [4.78, 5) is 10.5. The number of rotatable bonds is 5. The third kappa shape index (κ3) is 5.02. The summed E-state index contributed by atoms with van der Waals surface area (Å²) in [6.07, 6.45) is -2.86. The van der Waals surface area contributed by atoms with Crippen molar-refractivity contribution in [3.8, 4) is 11.8 Å². The molecule has 0 aliphatic carbocycles. The molecule has 0 radical (unpaired) electrons. The van der Waals surface area contributed by atoms with Crippen LogP contribution in [0.3, 0.4) is 0 Å². The minimum Gasteiger partial charge on any atom is -0.478 e. The summed E-state index contributed by atoms with van der Waals surface area (Å²) >= 11 is 0. The first-order chi connectivity index (χ1) is 9.33. The average molecular weight is 285 g/mol. The van der Waals surface area contributed by atoms with E-state index in [4.69, 9.17) is 10.4 Å². The number of carboxylic acids is 1. The smallest absolute Gasteiger partial charge is 0.478 e. The van der Waals surface area contributed by atoms with Gasteiger partial charge in [-0.3, -0.25) is 0 Å². The Labute approximate surface area is 112 Å². The minimum absolute atomic E-state index is 0.00780. The van der Waals surface area contributed by atoms with Gasteiger partial charge in [0.2, 0.25) is 0 Å². The Morgan fingerprint density at radius 2 is 2.15 bits per heavy atom. The van der Waals surface area contributed by atoms with Gasteiger partial charge in [-0.15, -0.1) is 13.2 Å². The van der Waals surface area contributed by atoms with E-state index >= 15 is 0 Å². The van der Waals surface area contributed by atoms with E-state index in [1.54, 1.807) is 0 Å². The van der Waals surface area contributed by atoms with Crippen molar-refractivity contribution < 1.29 is 27.8 Å². The van der Waals surface area contributed by atoms with Crippen molar-refractivity contribution in [2.24, 2.45) is 0 Å². The van der Waals surface area contributed by atoms with Gasteiger partial charge >= 0.3 is 12.3 Å². The molecule has 7 heteroatoms. The molecule has 0 aliphatic rings. The van der Waals surface area contributed by atoms with Gasteiger partial charge in [-0.2, -0.15) is 5.26 Å². The van der Waals surface area contributed by atoms with E-state index in [0.717, 1.165) is 18.2 Å². The Morgan fingerprint density at radius 3 is 2.70 bits per heavy atom. The molecule has 0 spiro atoms. The molecule has 0 aliphatic heterocycles. The molecule has 0 fully saturated rings. The maximum absolute atomic E-state index is 12.3. The van der Waals surface area contributed by atoms with Crippen LogP contribution in [0.5, 0.6) is 5.75 Å². The van der Waals surface area contributed by atoms with E-state index in [-0.39, 0.29) is 24.0 Å². The molecule has 0 saturated carbocycles. The Balaban J connectivity index is 3.19. The molecular formula is C13H10F3NO3. The molecule has 1 N–H and O–H groups in total. The van der Waals surface area contributed by atoms with Crippen molar-refractivity contribution in [2.75, 3.05) is 0 Å². The van der Waals surface area contributed by atoms with Gasteiger partial charge in [0, 0.05) is 18.1 Å². The van der Waals surface area contributed by atoms with E-state index in [9.17, 15) is 18.0 Å². The lowest BCUT2D eigenvalue weighted by Crippen LogP contribution is -2.18. The normalized spacial score (nSPS) is 11.3. The van der Waals surface area contributed by atoms with Crippen molar-refractivity contribution in [3.63, 3.8) is 0 Å². The van der Waals surface area contributed by atoms with Gasteiger partial charge in [0.15, 0.2) is 0 Å². The number of carbonyl (C=O) groups is 1. The highest BCUT2D eigenvalue weighted by Gasteiger charge is 2.32. The van der Waals surface area contributed by atoms with E-state index in [1.165, 1.54) is 12.1 Å². The highest BCUT2D eigenvalue weighted by atomic mass is 19.4. The van der Waals surface area contributed by atoms with Gasteiger partial charge in [0.25, 0.3) is 0 Å². The maximum atomic E-state index is 12.3. The first kappa shape index (κ1) is 15.6. The second kappa shape index (κ2) is 6.61. The van der Waals surface area contributed by atoms with Crippen molar-refractivity contribution in [1.29, 1.82) is 5.26 Å². The standard InChI is InChI=1S/C13H10F3NO3/c14-13(15,16)20-11-5-1-3-9(6-7-12(18)19)10(11)4-2-8-17/h1,3,5-7H,2,4H2,(H,18,19)/b7-6+. The van der Waals surface area contributed by atoms with Gasteiger partial charge in [-0.25, -0.2) is 4.79 Å². The lowest BCUT2D eigenvalue weighted by molar-refractivity contribution is -0.274. The van der Waals surface area contributed by atoms with Crippen LogP contribution in [0.1, 0.15) is 17.5 Å². The van der Waals surface area contributed by atoms with Gasteiger partial charge in [0.1, 0.15) is 5.75 Å². The molecule has 0 bridgehead atoms. The van der Waals surface area contributed by atoms with E-state index in [0.29, 0.717) is 0 Å². The van der Waals surface area contributed by atoms with Gasteiger partial charge in [-0.1, -0.05) is 12.1 Å². The monoisotopic (exact) mass is 285 g/mol. The summed E-state index contributed by atoms with van der Waals surface area (Å²) in [7, 11) is 0. The fourth-order valence-electron chi connectivity index (χ4n) is 1.57. The largest absolute Gasteiger partial charge is 0.573 e. The summed E-state index contributed by atoms with van der Waals surface area (Å²) < 4.78 is 40.8. The number of carboxylic acid groups (broad SMARTS) is 1. The first-order valence-electron chi connectivity index (χ1n) is 5.49. The Hall–Kier alpha value is -2.49. The second-order valence-corrected chi connectivity index (χ2v) is 3.70. The fraction of sp³-hybridized carbons (Fsp3) is 0.231. The number of nitrogens with zero attached hydrogens (tertiary/aromatic N) is 1. The Morgan fingerprint density at radius 1 is 1.45 bits per heavy atom. The van der Waals surface area contributed by atoms with Crippen LogP contribution in [0.15, 0.2) is 24.3 Å². The zero-order valence-corrected chi connectivity index (χ0v) is 10.1. The fourth-order valence-corrected chi connectivity index (χ4v) is 1.57. The molecule has 106 valence electrons. The maximum Gasteiger partial charge on any atom is 0.573 e. The number of aliphatic carboxylic acids is 1. The first-order valence-corrected chi connectivity index (χ1v) is 5.49. The summed E-state index contributed by atoms with van der Waals surface area (Å²) in [5, 5.41) is 17.1. The van der Waals surface area contributed by atoms with E-state index in [2.05, 4.69) is 4.74 Å². The molecule has 1 aromatic carbocycles. The van der Waals surface area contributed by atoms with Gasteiger partial charge < -0.3 is 9.84 Å². The summed E-state index contributed by atoms with van der Waals surface area (Å²) in [5.74, 6) is -1.65. The van der Waals surface area contributed by atoms with Crippen molar-refractivity contribution >= 4 is 12.0 Å². The number of hydrogen-bond donors (Lipinski definition) is 1.